The fourth-order valence-corrected chi connectivity index (χ4v) is 3.12. The highest BCUT2D eigenvalue weighted by atomic mass is 32.1. The molecule has 0 bridgehead atoms. The summed E-state index contributed by atoms with van der Waals surface area (Å²) in [5, 5.41) is 12.4. The molecule has 0 radical (unpaired) electrons. The number of thiophene rings is 1. The first-order valence-corrected chi connectivity index (χ1v) is 7.60. The molecule has 1 atom stereocenters. The Labute approximate surface area is 117 Å². The standard InChI is InChI=1S/C14H21NO3S/c1-10(16)13-3-2-12(19-13)4-7-15-14(17)11-5-8-18-9-6-11/h2-3,10-11,16H,4-9H2,1H3,(H,15,17). The van der Waals surface area contributed by atoms with Crippen LogP contribution in [0.5, 0.6) is 0 Å². The SMILES string of the molecule is CC(O)c1ccc(CCNC(=O)C2CCOCC2)s1. The average Bonchev–Trinajstić information content (AvgIpc) is 2.89. The molecule has 2 heterocycles. The molecular formula is C14H21NO3S. The zero-order valence-corrected chi connectivity index (χ0v) is 12.0. The van der Waals surface area contributed by atoms with E-state index >= 15 is 0 Å². The van der Waals surface area contributed by atoms with Crippen LogP contribution in [-0.2, 0) is 16.0 Å². The van der Waals surface area contributed by atoms with Crippen molar-refractivity contribution >= 4 is 17.2 Å². The molecule has 2 rings (SSSR count). The third-order valence-electron chi connectivity index (χ3n) is 3.36. The first-order chi connectivity index (χ1) is 9.16. The first-order valence-electron chi connectivity index (χ1n) is 6.79. The van der Waals surface area contributed by atoms with E-state index in [0.717, 1.165) is 24.1 Å². The van der Waals surface area contributed by atoms with Gasteiger partial charge >= 0.3 is 0 Å². The summed E-state index contributed by atoms with van der Waals surface area (Å²) in [7, 11) is 0. The number of rotatable bonds is 5. The van der Waals surface area contributed by atoms with Gasteiger partial charge in [-0.3, -0.25) is 4.79 Å². The second-order valence-corrected chi connectivity index (χ2v) is 6.11. The molecule has 0 spiro atoms. The van der Waals surface area contributed by atoms with Gasteiger partial charge in [-0.15, -0.1) is 11.3 Å². The van der Waals surface area contributed by atoms with Crippen molar-refractivity contribution < 1.29 is 14.6 Å². The minimum Gasteiger partial charge on any atom is -0.388 e. The Morgan fingerprint density at radius 2 is 2.26 bits per heavy atom. The van der Waals surface area contributed by atoms with Crippen LogP contribution in [0.4, 0.5) is 0 Å². The minimum absolute atomic E-state index is 0.116. The number of aliphatic hydroxyl groups excluding tert-OH is 1. The maximum atomic E-state index is 11.9. The monoisotopic (exact) mass is 283 g/mol. The number of carbonyl (C=O) groups excluding carboxylic acids is 1. The average molecular weight is 283 g/mol. The predicted octanol–water partition coefficient (Wildman–Crippen LogP) is 1.89. The maximum Gasteiger partial charge on any atom is 0.223 e. The minimum atomic E-state index is -0.407. The molecule has 0 aromatic carbocycles. The van der Waals surface area contributed by atoms with Crippen LogP contribution < -0.4 is 5.32 Å². The summed E-state index contributed by atoms with van der Waals surface area (Å²) in [4.78, 5) is 14.1. The molecule has 5 heteroatoms. The van der Waals surface area contributed by atoms with Gasteiger partial charge in [0, 0.05) is 35.4 Å². The van der Waals surface area contributed by atoms with Gasteiger partial charge in [-0.2, -0.15) is 0 Å². The fourth-order valence-electron chi connectivity index (χ4n) is 2.17. The van der Waals surface area contributed by atoms with Crippen LogP contribution in [0, 0.1) is 5.92 Å². The van der Waals surface area contributed by atoms with Crippen LogP contribution in [0.15, 0.2) is 12.1 Å². The zero-order valence-electron chi connectivity index (χ0n) is 11.2. The van der Waals surface area contributed by atoms with Crippen molar-refractivity contribution in [1.82, 2.24) is 5.32 Å². The number of hydrogen-bond donors (Lipinski definition) is 2. The second-order valence-electron chi connectivity index (χ2n) is 4.91. The van der Waals surface area contributed by atoms with Crippen LogP contribution in [0.25, 0.3) is 0 Å². The van der Waals surface area contributed by atoms with Crippen molar-refractivity contribution in [3.8, 4) is 0 Å². The lowest BCUT2D eigenvalue weighted by Crippen LogP contribution is -2.35. The summed E-state index contributed by atoms with van der Waals surface area (Å²) < 4.78 is 5.25. The second kappa shape index (κ2) is 7.03. The molecular weight excluding hydrogens is 262 g/mol. The molecule has 106 valence electrons. The molecule has 0 saturated carbocycles. The van der Waals surface area contributed by atoms with Gasteiger partial charge in [0.25, 0.3) is 0 Å². The number of carbonyl (C=O) groups is 1. The summed E-state index contributed by atoms with van der Waals surface area (Å²) in [5.74, 6) is 0.265. The van der Waals surface area contributed by atoms with Gasteiger partial charge in [0.15, 0.2) is 0 Å². The van der Waals surface area contributed by atoms with Crippen LogP contribution in [0.2, 0.25) is 0 Å². The van der Waals surface area contributed by atoms with Gasteiger partial charge in [0.05, 0.1) is 6.10 Å². The van der Waals surface area contributed by atoms with Gasteiger partial charge < -0.3 is 15.2 Å². The molecule has 1 unspecified atom stereocenters. The largest absolute Gasteiger partial charge is 0.388 e. The van der Waals surface area contributed by atoms with E-state index in [0.29, 0.717) is 19.8 Å². The molecule has 4 nitrogen and oxygen atoms in total. The van der Waals surface area contributed by atoms with E-state index in [1.807, 2.05) is 12.1 Å². The van der Waals surface area contributed by atoms with Gasteiger partial charge in [0.1, 0.15) is 0 Å². The molecule has 0 aliphatic carbocycles. The molecule has 1 saturated heterocycles. The van der Waals surface area contributed by atoms with Crippen molar-refractivity contribution in [2.24, 2.45) is 5.92 Å². The van der Waals surface area contributed by atoms with E-state index in [-0.39, 0.29) is 11.8 Å². The number of nitrogens with one attached hydrogen (secondary N) is 1. The molecule has 1 aliphatic rings. The summed E-state index contributed by atoms with van der Waals surface area (Å²) in [6.07, 6.45) is 2.08. The maximum absolute atomic E-state index is 11.9. The number of ether oxygens (including phenoxy) is 1. The normalized spacial score (nSPS) is 18.2. The van der Waals surface area contributed by atoms with Crippen LogP contribution in [0.1, 0.15) is 35.6 Å². The lowest BCUT2D eigenvalue weighted by molar-refractivity contribution is -0.127. The van der Waals surface area contributed by atoms with Gasteiger partial charge in [-0.25, -0.2) is 0 Å². The third-order valence-corrected chi connectivity index (χ3v) is 4.67. The number of amides is 1. The highest BCUT2D eigenvalue weighted by Gasteiger charge is 2.20. The summed E-state index contributed by atoms with van der Waals surface area (Å²) >= 11 is 1.61. The quantitative estimate of drug-likeness (QED) is 0.867. The molecule has 1 fully saturated rings. The summed E-state index contributed by atoms with van der Waals surface area (Å²) in [6.45, 7) is 3.82. The van der Waals surface area contributed by atoms with Crippen molar-refractivity contribution in [2.75, 3.05) is 19.8 Å². The van der Waals surface area contributed by atoms with E-state index in [4.69, 9.17) is 4.74 Å². The van der Waals surface area contributed by atoms with Gasteiger partial charge in [-0.1, -0.05) is 0 Å². The van der Waals surface area contributed by atoms with E-state index in [1.54, 1.807) is 18.3 Å². The van der Waals surface area contributed by atoms with E-state index in [1.165, 1.54) is 4.88 Å². The van der Waals surface area contributed by atoms with Crippen molar-refractivity contribution in [3.05, 3.63) is 21.9 Å². The van der Waals surface area contributed by atoms with Gasteiger partial charge in [0.2, 0.25) is 5.91 Å². The third kappa shape index (κ3) is 4.30. The Hall–Kier alpha value is -0.910. The highest BCUT2D eigenvalue weighted by Crippen LogP contribution is 2.23. The molecule has 1 amide bonds. The topological polar surface area (TPSA) is 58.6 Å². The van der Waals surface area contributed by atoms with Gasteiger partial charge in [-0.05, 0) is 38.3 Å². The lowest BCUT2D eigenvalue weighted by atomic mass is 9.99. The molecule has 19 heavy (non-hydrogen) atoms. The Balaban J connectivity index is 1.71. The highest BCUT2D eigenvalue weighted by molar-refractivity contribution is 7.12. The Morgan fingerprint density at radius 3 is 2.89 bits per heavy atom. The molecule has 1 aliphatic heterocycles. The van der Waals surface area contributed by atoms with E-state index < -0.39 is 6.10 Å². The smallest absolute Gasteiger partial charge is 0.223 e. The van der Waals surface area contributed by atoms with Crippen molar-refractivity contribution in [2.45, 2.75) is 32.3 Å². The van der Waals surface area contributed by atoms with Crippen LogP contribution >= 0.6 is 11.3 Å². The molecule has 1 aromatic rings. The van der Waals surface area contributed by atoms with Crippen LogP contribution in [0.3, 0.4) is 0 Å². The lowest BCUT2D eigenvalue weighted by Gasteiger charge is -2.21. The van der Waals surface area contributed by atoms with E-state index in [2.05, 4.69) is 5.32 Å². The first kappa shape index (κ1) is 14.5. The Bertz CT molecular complexity index is 411. The summed E-state index contributed by atoms with van der Waals surface area (Å²) in [5.41, 5.74) is 0. The Morgan fingerprint density at radius 1 is 1.53 bits per heavy atom. The predicted molar refractivity (Wildman–Crippen MR) is 75.2 cm³/mol. The Kier molecular flexibility index (Phi) is 5.36. The number of hydrogen-bond acceptors (Lipinski definition) is 4. The van der Waals surface area contributed by atoms with Crippen molar-refractivity contribution in [3.63, 3.8) is 0 Å². The molecule has 1 aromatic heterocycles. The fraction of sp³-hybridized carbons (Fsp3) is 0.643. The summed E-state index contributed by atoms with van der Waals surface area (Å²) in [6, 6.07) is 3.97. The van der Waals surface area contributed by atoms with Crippen LogP contribution in [-0.4, -0.2) is 30.8 Å². The number of aliphatic hydroxyl groups is 1. The van der Waals surface area contributed by atoms with Crippen molar-refractivity contribution in [1.29, 1.82) is 0 Å². The van der Waals surface area contributed by atoms with E-state index in [9.17, 15) is 9.90 Å². The molecule has 2 N–H and O–H groups in total. The zero-order chi connectivity index (χ0) is 13.7.